The average Bonchev–Trinajstić information content (AvgIpc) is 2.95. The van der Waals surface area contributed by atoms with Crippen molar-refractivity contribution in [2.45, 2.75) is 39.9 Å². The molecule has 1 aromatic carbocycles. The average molecular weight is 389 g/mol. The second-order valence-electron chi connectivity index (χ2n) is 8.69. The van der Waals surface area contributed by atoms with Crippen LogP contribution in [0.1, 0.15) is 33.3 Å². The van der Waals surface area contributed by atoms with Gasteiger partial charge in [0.15, 0.2) is 5.41 Å². The van der Waals surface area contributed by atoms with Crippen LogP contribution in [0.5, 0.6) is 0 Å². The minimum absolute atomic E-state index is 0.172. The first-order valence-corrected chi connectivity index (χ1v) is 9.34. The third-order valence-corrected chi connectivity index (χ3v) is 5.72. The van der Waals surface area contributed by atoms with Crippen LogP contribution in [0.15, 0.2) is 30.3 Å². The van der Waals surface area contributed by atoms with Crippen LogP contribution in [-0.4, -0.2) is 48.7 Å². The molecule has 0 spiro atoms. The van der Waals surface area contributed by atoms with Crippen LogP contribution in [0.3, 0.4) is 0 Å². The number of amides is 1. The summed E-state index contributed by atoms with van der Waals surface area (Å²) in [6.45, 7) is 7.74. The molecule has 1 saturated heterocycles. The van der Waals surface area contributed by atoms with Crippen molar-refractivity contribution in [2.75, 3.05) is 20.2 Å². The molecule has 0 bridgehead atoms. The molecule has 152 valence electrons. The summed E-state index contributed by atoms with van der Waals surface area (Å²) < 4.78 is 15.8. The summed E-state index contributed by atoms with van der Waals surface area (Å²) in [6.07, 6.45) is -0.458. The molecule has 0 aromatic heterocycles. The standard InChI is InChI=1S/C21H27NO6/c1-19(2,3)28-17(24)21(16(23)26-5)15-11-22(13-20(15,21)4)18(25)27-12-14-9-7-6-8-10-14/h6-10,15H,11-13H2,1-5H3. The van der Waals surface area contributed by atoms with E-state index in [0.717, 1.165) is 5.56 Å². The topological polar surface area (TPSA) is 82.1 Å². The first kappa shape index (κ1) is 20.2. The summed E-state index contributed by atoms with van der Waals surface area (Å²) in [6, 6.07) is 9.40. The van der Waals surface area contributed by atoms with Gasteiger partial charge in [-0.25, -0.2) is 4.79 Å². The number of rotatable bonds is 4. The maximum atomic E-state index is 12.9. The van der Waals surface area contributed by atoms with Crippen molar-refractivity contribution in [3.8, 4) is 0 Å². The Bertz CT molecular complexity index is 786. The van der Waals surface area contributed by atoms with Crippen molar-refractivity contribution < 1.29 is 28.6 Å². The number of benzene rings is 1. The second-order valence-corrected chi connectivity index (χ2v) is 8.69. The van der Waals surface area contributed by atoms with E-state index in [0.29, 0.717) is 0 Å². The summed E-state index contributed by atoms with van der Waals surface area (Å²) in [5.41, 5.74) is -1.93. The minimum Gasteiger partial charge on any atom is -0.468 e. The molecule has 7 nitrogen and oxygen atoms in total. The van der Waals surface area contributed by atoms with Gasteiger partial charge in [0.25, 0.3) is 0 Å². The Morgan fingerprint density at radius 2 is 1.79 bits per heavy atom. The van der Waals surface area contributed by atoms with Crippen molar-refractivity contribution in [3.63, 3.8) is 0 Å². The molecular weight excluding hydrogens is 362 g/mol. The molecule has 1 amide bonds. The number of hydrogen-bond donors (Lipinski definition) is 0. The lowest BCUT2D eigenvalue weighted by molar-refractivity contribution is -0.174. The zero-order chi connectivity index (χ0) is 20.7. The van der Waals surface area contributed by atoms with Crippen LogP contribution in [-0.2, 0) is 30.4 Å². The van der Waals surface area contributed by atoms with E-state index in [1.165, 1.54) is 7.11 Å². The zero-order valence-corrected chi connectivity index (χ0v) is 17.0. The predicted octanol–water partition coefficient (Wildman–Crippen LogP) is 2.78. The summed E-state index contributed by atoms with van der Waals surface area (Å²) >= 11 is 0. The van der Waals surface area contributed by atoms with Crippen LogP contribution >= 0.6 is 0 Å². The number of fused-ring (bicyclic) bond motifs is 1. The van der Waals surface area contributed by atoms with Crippen molar-refractivity contribution in [1.82, 2.24) is 4.90 Å². The second kappa shape index (κ2) is 6.79. The number of likely N-dealkylation sites (tertiary alicyclic amines) is 1. The number of nitrogens with zero attached hydrogens (tertiary/aromatic N) is 1. The smallest absolute Gasteiger partial charge is 0.410 e. The third-order valence-electron chi connectivity index (χ3n) is 5.72. The van der Waals surface area contributed by atoms with Crippen LogP contribution < -0.4 is 0 Å². The summed E-state index contributed by atoms with van der Waals surface area (Å²) in [4.78, 5) is 39.5. The largest absolute Gasteiger partial charge is 0.468 e. The first-order chi connectivity index (χ1) is 13.1. The van der Waals surface area contributed by atoms with Gasteiger partial charge in [0.2, 0.25) is 0 Å². The van der Waals surface area contributed by atoms with Crippen molar-refractivity contribution in [1.29, 1.82) is 0 Å². The Hall–Kier alpha value is -2.57. The molecule has 0 N–H and O–H groups in total. The van der Waals surface area contributed by atoms with E-state index in [-0.39, 0.29) is 25.6 Å². The number of methoxy groups -OCH3 is 1. The van der Waals surface area contributed by atoms with Crippen molar-refractivity contribution in [2.24, 2.45) is 16.7 Å². The van der Waals surface area contributed by atoms with Crippen LogP contribution in [0.2, 0.25) is 0 Å². The van der Waals surface area contributed by atoms with Gasteiger partial charge in [-0.1, -0.05) is 37.3 Å². The number of ether oxygens (including phenoxy) is 3. The fraction of sp³-hybridized carbons (Fsp3) is 0.571. The molecule has 3 rings (SSSR count). The van der Waals surface area contributed by atoms with Crippen LogP contribution in [0.25, 0.3) is 0 Å². The lowest BCUT2D eigenvalue weighted by atomic mass is 9.92. The summed E-state index contributed by atoms with van der Waals surface area (Å²) in [5.74, 6) is -1.55. The van der Waals surface area contributed by atoms with Gasteiger partial charge in [-0.05, 0) is 26.3 Å². The maximum absolute atomic E-state index is 12.9. The Morgan fingerprint density at radius 1 is 1.14 bits per heavy atom. The monoisotopic (exact) mass is 389 g/mol. The van der Waals surface area contributed by atoms with E-state index in [1.807, 2.05) is 37.3 Å². The molecule has 1 saturated carbocycles. The van der Waals surface area contributed by atoms with E-state index < -0.39 is 34.5 Å². The highest BCUT2D eigenvalue weighted by Crippen LogP contribution is 2.73. The van der Waals surface area contributed by atoms with E-state index in [1.54, 1.807) is 25.7 Å². The van der Waals surface area contributed by atoms with E-state index in [2.05, 4.69) is 0 Å². The van der Waals surface area contributed by atoms with E-state index in [9.17, 15) is 14.4 Å². The molecular formula is C21H27NO6. The van der Waals surface area contributed by atoms with Gasteiger partial charge in [0, 0.05) is 24.4 Å². The Balaban J connectivity index is 1.69. The summed E-state index contributed by atoms with van der Waals surface area (Å²) in [7, 11) is 1.26. The number of carbonyl (C=O) groups is 3. The number of piperidine rings is 1. The quantitative estimate of drug-likeness (QED) is 0.447. The molecule has 0 radical (unpaired) electrons. The number of esters is 2. The normalized spacial score (nSPS) is 28.3. The SMILES string of the molecule is COC(=O)C1(C(=O)OC(C)(C)C)C2CN(C(=O)OCc3ccccc3)CC21C. The van der Waals surface area contributed by atoms with Gasteiger partial charge in [0.05, 0.1) is 7.11 Å². The van der Waals surface area contributed by atoms with Crippen LogP contribution in [0, 0.1) is 16.7 Å². The lowest BCUT2D eigenvalue weighted by Crippen LogP contribution is -2.45. The molecule has 1 aromatic rings. The number of carbonyl (C=O) groups excluding carboxylic acids is 3. The van der Waals surface area contributed by atoms with Gasteiger partial charge in [-0.2, -0.15) is 0 Å². The first-order valence-electron chi connectivity index (χ1n) is 9.34. The molecule has 1 aliphatic carbocycles. The lowest BCUT2D eigenvalue weighted by Gasteiger charge is -2.29. The van der Waals surface area contributed by atoms with Gasteiger partial charge in [-0.15, -0.1) is 0 Å². The zero-order valence-electron chi connectivity index (χ0n) is 17.0. The van der Waals surface area contributed by atoms with Crippen LogP contribution in [0.4, 0.5) is 4.79 Å². The molecule has 1 aliphatic heterocycles. The molecule has 3 unspecified atom stereocenters. The Kier molecular flexibility index (Phi) is 4.89. The highest BCUT2D eigenvalue weighted by Gasteiger charge is 2.87. The van der Waals surface area contributed by atoms with Gasteiger partial charge < -0.3 is 19.1 Å². The Morgan fingerprint density at radius 3 is 2.29 bits per heavy atom. The van der Waals surface area contributed by atoms with Gasteiger partial charge >= 0.3 is 18.0 Å². The Labute approximate surface area is 164 Å². The van der Waals surface area contributed by atoms with Crippen molar-refractivity contribution in [3.05, 3.63) is 35.9 Å². The molecule has 7 heteroatoms. The summed E-state index contributed by atoms with van der Waals surface area (Å²) in [5, 5.41) is 0. The fourth-order valence-corrected chi connectivity index (χ4v) is 4.34. The third kappa shape index (κ3) is 3.12. The van der Waals surface area contributed by atoms with E-state index in [4.69, 9.17) is 14.2 Å². The molecule has 2 aliphatic rings. The molecule has 3 atom stereocenters. The molecule has 28 heavy (non-hydrogen) atoms. The maximum Gasteiger partial charge on any atom is 0.410 e. The van der Waals surface area contributed by atoms with E-state index >= 15 is 0 Å². The fourth-order valence-electron chi connectivity index (χ4n) is 4.34. The van der Waals surface area contributed by atoms with Gasteiger partial charge in [0.1, 0.15) is 12.2 Å². The molecule has 2 fully saturated rings. The van der Waals surface area contributed by atoms with Crippen molar-refractivity contribution >= 4 is 18.0 Å². The highest BCUT2D eigenvalue weighted by atomic mass is 16.6. The predicted molar refractivity (Wildman–Crippen MR) is 100 cm³/mol. The molecule has 1 heterocycles. The minimum atomic E-state index is -1.37. The van der Waals surface area contributed by atoms with Gasteiger partial charge in [-0.3, -0.25) is 9.59 Å². The number of hydrogen-bond acceptors (Lipinski definition) is 6. The highest BCUT2D eigenvalue weighted by molar-refractivity contribution is 6.06.